The topological polar surface area (TPSA) is 85.0 Å². The van der Waals surface area contributed by atoms with E-state index in [9.17, 15) is 0 Å². The molecule has 2 N–H and O–H groups in total. The summed E-state index contributed by atoms with van der Waals surface area (Å²) in [5.74, 6) is 2.44. The number of para-hydroxylation sites is 1. The predicted octanol–water partition coefficient (Wildman–Crippen LogP) is 3.36. The van der Waals surface area contributed by atoms with E-state index in [4.69, 9.17) is 4.99 Å². The maximum absolute atomic E-state index is 4.80. The number of aryl methyl sites for hydroxylation is 3. The van der Waals surface area contributed by atoms with E-state index in [1.165, 1.54) is 0 Å². The number of rotatable bonds is 7. The summed E-state index contributed by atoms with van der Waals surface area (Å²) in [5, 5.41) is 19.9. The summed E-state index contributed by atoms with van der Waals surface area (Å²) in [6.45, 7) is 7.73. The van der Waals surface area contributed by atoms with Crippen molar-refractivity contribution in [3.63, 3.8) is 0 Å². The van der Waals surface area contributed by atoms with Gasteiger partial charge in [-0.25, -0.2) is 9.67 Å². The molecule has 0 aliphatic carbocycles. The molecule has 4 aromatic rings. The molecule has 0 radical (unpaired) electrons. The lowest BCUT2D eigenvalue weighted by atomic mass is 10.1. The van der Waals surface area contributed by atoms with Crippen molar-refractivity contribution < 1.29 is 0 Å². The number of hydrogen-bond donors (Lipinski definition) is 2. The van der Waals surface area contributed by atoms with Gasteiger partial charge in [-0.3, -0.25) is 0 Å². The van der Waals surface area contributed by atoms with Gasteiger partial charge in [-0.15, -0.1) is 10.2 Å². The summed E-state index contributed by atoms with van der Waals surface area (Å²) in [5.41, 5.74) is 5.44. The molecule has 2 aromatic heterocycles. The monoisotopic (exact) mass is 442 g/mol. The molecule has 4 rings (SSSR count). The van der Waals surface area contributed by atoms with Gasteiger partial charge in [0.2, 0.25) is 0 Å². The molecule has 8 nitrogen and oxygen atoms in total. The zero-order valence-electron chi connectivity index (χ0n) is 19.6. The molecule has 0 unspecified atom stereocenters. The van der Waals surface area contributed by atoms with Crippen LogP contribution in [0.5, 0.6) is 0 Å². The van der Waals surface area contributed by atoms with Crippen LogP contribution < -0.4 is 10.6 Å². The molecule has 0 bridgehead atoms. The van der Waals surface area contributed by atoms with Crippen LogP contribution in [0.25, 0.3) is 5.69 Å². The van der Waals surface area contributed by atoms with Crippen LogP contribution in [0, 0.1) is 20.8 Å². The average Bonchev–Trinajstić information content (AvgIpc) is 3.34. The van der Waals surface area contributed by atoms with Gasteiger partial charge in [0.1, 0.15) is 5.82 Å². The Kier molecular flexibility index (Phi) is 6.83. The van der Waals surface area contributed by atoms with Gasteiger partial charge in [-0.2, -0.15) is 5.10 Å². The molecular weight excluding hydrogens is 412 g/mol. The van der Waals surface area contributed by atoms with Gasteiger partial charge in [-0.05, 0) is 44.0 Å². The minimum Gasteiger partial charge on any atom is -0.352 e. The number of benzene rings is 2. The van der Waals surface area contributed by atoms with Gasteiger partial charge >= 0.3 is 0 Å². The van der Waals surface area contributed by atoms with Crippen molar-refractivity contribution in [3.05, 3.63) is 94.8 Å². The van der Waals surface area contributed by atoms with Crippen molar-refractivity contribution in [3.8, 4) is 5.69 Å². The zero-order valence-corrected chi connectivity index (χ0v) is 19.6. The van der Waals surface area contributed by atoms with E-state index < -0.39 is 0 Å². The van der Waals surface area contributed by atoms with Crippen LogP contribution in [-0.4, -0.2) is 30.5 Å². The third-order valence-corrected chi connectivity index (χ3v) is 5.53. The van der Waals surface area contributed by atoms with Crippen LogP contribution in [-0.2, 0) is 26.7 Å². The first kappa shape index (κ1) is 22.3. The van der Waals surface area contributed by atoms with Crippen molar-refractivity contribution in [1.29, 1.82) is 0 Å². The summed E-state index contributed by atoms with van der Waals surface area (Å²) in [6, 6.07) is 20.6. The first-order chi connectivity index (χ1) is 16.0. The first-order valence-corrected chi connectivity index (χ1v) is 11.0. The van der Waals surface area contributed by atoms with Crippen molar-refractivity contribution in [2.24, 2.45) is 12.0 Å². The van der Waals surface area contributed by atoms with E-state index >= 15 is 0 Å². The van der Waals surface area contributed by atoms with E-state index in [-0.39, 0.29) is 0 Å². The fraction of sp³-hybridized carbons (Fsp3) is 0.280. The Labute approximate surface area is 194 Å². The molecule has 0 saturated heterocycles. The van der Waals surface area contributed by atoms with Gasteiger partial charge in [0.05, 0.1) is 24.5 Å². The van der Waals surface area contributed by atoms with Crippen molar-refractivity contribution in [2.75, 3.05) is 0 Å². The van der Waals surface area contributed by atoms with Crippen LogP contribution in [0.4, 0.5) is 0 Å². The van der Waals surface area contributed by atoms with Crippen molar-refractivity contribution in [2.45, 2.75) is 40.4 Å². The second-order valence-electron chi connectivity index (χ2n) is 8.05. The number of aliphatic imine (C=N–C) groups is 1. The minimum absolute atomic E-state index is 0.525. The molecular formula is C25H30N8. The van der Waals surface area contributed by atoms with Crippen LogP contribution >= 0.6 is 0 Å². The van der Waals surface area contributed by atoms with Crippen molar-refractivity contribution in [1.82, 2.24) is 35.2 Å². The van der Waals surface area contributed by atoms with Gasteiger partial charge < -0.3 is 15.2 Å². The Bertz CT molecular complexity index is 1240. The van der Waals surface area contributed by atoms with E-state index in [0.717, 1.165) is 39.9 Å². The summed E-state index contributed by atoms with van der Waals surface area (Å²) in [7, 11) is 1.96. The number of hydrogen-bond acceptors (Lipinski definition) is 4. The predicted molar refractivity (Wildman–Crippen MR) is 130 cm³/mol. The Hall–Kier alpha value is -3.94. The van der Waals surface area contributed by atoms with E-state index in [1.54, 1.807) is 0 Å². The summed E-state index contributed by atoms with van der Waals surface area (Å²) < 4.78 is 3.96. The highest BCUT2D eigenvalue weighted by Crippen LogP contribution is 2.17. The molecule has 2 aromatic carbocycles. The van der Waals surface area contributed by atoms with E-state index in [2.05, 4.69) is 63.2 Å². The number of aromatic nitrogens is 5. The van der Waals surface area contributed by atoms with Crippen LogP contribution in [0.2, 0.25) is 0 Å². The van der Waals surface area contributed by atoms with Crippen LogP contribution in [0.3, 0.4) is 0 Å². The number of nitrogens with one attached hydrogen (secondary N) is 2. The fourth-order valence-electron chi connectivity index (χ4n) is 3.61. The maximum Gasteiger partial charge on any atom is 0.192 e. The lowest BCUT2D eigenvalue weighted by Crippen LogP contribution is -2.37. The molecule has 8 heteroatoms. The fourth-order valence-corrected chi connectivity index (χ4v) is 3.61. The standard InChI is InChI=1S/C25H30N8/c1-18-14-19(2)33(31-18)23-13-9-8-12-22(23)16-27-25(26-15-21-10-6-5-7-11-21)28-17-24-30-29-20(3)32(24)4/h5-14H,15-17H2,1-4H3,(H2,26,27,28). The Morgan fingerprint density at radius 3 is 2.33 bits per heavy atom. The number of guanidine groups is 1. The lowest BCUT2D eigenvalue weighted by molar-refractivity contribution is 0.712. The molecule has 2 heterocycles. The van der Waals surface area contributed by atoms with E-state index in [0.29, 0.717) is 25.6 Å². The second-order valence-corrected chi connectivity index (χ2v) is 8.05. The normalized spacial score (nSPS) is 11.6. The third kappa shape index (κ3) is 5.46. The summed E-state index contributed by atoms with van der Waals surface area (Å²) >= 11 is 0. The SMILES string of the molecule is Cc1cc(C)n(-c2ccccc2CNC(=NCc2ccccc2)NCc2nnc(C)n2C)n1. The third-order valence-electron chi connectivity index (χ3n) is 5.53. The van der Waals surface area contributed by atoms with Crippen molar-refractivity contribution >= 4 is 5.96 Å². The zero-order chi connectivity index (χ0) is 23.2. The molecule has 33 heavy (non-hydrogen) atoms. The summed E-state index contributed by atoms with van der Waals surface area (Å²) in [6.07, 6.45) is 0. The van der Waals surface area contributed by atoms with E-state index in [1.807, 2.05) is 60.5 Å². The quantitative estimate of drug-likeness (QED) is 0.339. The highest BCUT2D eigenvalue weighted by Gasteiger charge is 2.10. The minimum atomic E-state index is 0.525. The molecule has 0 saturated carbocycles. The molecule has 0 atom stereocenters. The van der Waals surface area contributed by atoms with Gasteiger partial charge in [-0.1, -0.05) is 48.5 Å². The van der Waals surface area contributed by atoms with Gasteiger partial charge in [0, 0.05) is 19.3 Å². The van der Waals surface area contributed by atoms with Gasteiger partial charge in [0.25, 0.3) is 0 Å². The molecule has 0 spiro atoms. The van der Waals surface area contributed by atoms with Crippen LogP contribution in [0.1, 0.15) is 34.2 Å². The summed E-state index contributed by atoms with van der Waals surface area (Å²) in [4.78, 5) is 4.80. The number of nitrogens with zero attached hydrogens (tertiary/aromatic N) is 6. The highest BCUT2D eigenvalue weighted by molar-refractivity contribution is 5.79. The van der Waals surface area contributed by atoms with Gasteiger partial charge in [0.15, 0.2) is 11.8 Å². The molecule has 170 valence electrons. The Morgan fingerprint density at radius 1 is 0.909 bits per heavy atom. The maximum atomic E-state index is 4.80. The Morgan fingerprint density at radius 2 is 1.64 bits per heavy atom. The average molecular weight is 443 g/mol. The molecule has 0 amide bonds. The lowest BCUT2D eigenvalue weighted by Gasteiger charge is -2.15. The second kappa shape index (κ2) is 10.1. The largest absolute Gasteiger partial charge is 0.352 e. The first-order valence-electron chi connectivity index (χ1n) is 11.0. The smallest absolute Gasteiger partial charge is 0.192 e. The highest BCUT2D eigenvalue weighted by atomic mass is 15.3. The van der Waals surface area contributed by atoms with Crippen LogP contribution in [0.15, 0.2) is 65.7 Å². The molecule has 0 aliphatic rings. The molecule has 0 aliphatic heterocycles. The Balaban J connectivity index is 1.53. The molecule has 0 fully saturated rings.